The lowest BCUT2D eigenvalue weighted by molar-refractivity contribution is -0.115. The van der Waals surface area contributed by atoms with E-state index in [1.807, 2.05) is 6.92 Å². The van der Waals surface area contributed by atoms with E-state index in [-0.39, 0.29) is 5.91 Å². The molecule has 2 aliphatic rings. The first-order chi connectivity index (χ1) is 18.0. The van der Waals surface area contributed by atoms with Gasteiger partial charge in [0.2, 0.25) is 5.91 Å². The number of nitrogens with one attached hydrogen (secondary N) is 1. The number of rotatable bonds is 7. The van der Waals surface area contributed by atoms with Gasteiger partial charge in [-0.05, 0) is 79.5 Å². The van der Waals surface area contributed by atoms with Crippen molar-refractivity contribution in [1.82, 2.24) is 4.57 Å². The van der Waals surface area contributed by atoms with Crippen molar-refractivity contribution in [2.24, 2.45) is 11.7 Å². The molecule has 37 heavy (non-hydrogen) atoms. The van der Waals surface area contributed by atoms with Crippen LogP contribution in [0.5, 0.6) is 0 Å². The Balaban J connectivity index is 1.68. The van der Waals surface area contributed by atoms with Crippen LogP contribution in [0.3, 0.4) is 0 Å². The van der Waals surface area contributed by atoms with Crippen LogP contribution in [0.15, 0.2) is 42.6 Å². The lowest BCUT2D eigenvalue weighted by atomic mass is 9.76. The largest absolute Gasteiger partial charge is 0.347 e. The second kappa shape index (κ2) is 11.4. The number of para-hydroxylation sites is 1. The Labute approximate surface area is 223 Å². The van der Waals surface area contributed by atoms with Crippen molar-refractivity contribution in [3.05, 3.63) is 53.7 Å². The van der Waals surface area contributed by atoms with Crippen molar-refractivity contribution in [3.8, 4) is 11.1 Å². The molecule has 5 rings (SSSR count). The Morgan fingerprint density at radius 3 is 2.43 bits per heavy atom. The second-order valence-electron chi connectivity index (χ2n) is 11.9. The van der Waals surface area contributed by atoms with Crippen molar-refractivity contribution < 1.29 is 4.79 Å². The second-order valence-corrected chi connectivity index (χ2v) is 11.9. The van der Waals surface area contributed by atoms with Gasteiger partial charge in [-0.25, -0.2) is 0 Å². The molecule has 2 fully saturated rings. The predicted octanol–water partition coefficient (Wildman–Crippen LogP) is 8.35. The smallest absolute Gasteiger partial charge is 0.224 e. The lowest BCUT2D eigenvalue weighted by Crippen LogP contribution is -2.26. The average molecular weight is 500 g/mol. The van der Waals surface area contributed by atoms with Crippen molar-refractivity contribution in [3.63, 3.8) is 0 Å². The van der Waals surface area contributed by atoms with Gasteiger partial charge in [0, 0.05) is 52.9 Å². The molecular formula is C33H45N3O. The molecule has 2 saturated carbocycles. The van der Waals surface area contributed by atoms with E-state index >= 15 is 0 Å². The van der Waals surface area contributed by atoms with Crippen LogP contribution in [-0.2, 0) is 11.3 Å². The molecule has 0 spiro atoms. The fraction of sp³-hybridized carbons (Fsp3) is 0.545. The zero-order chi connectivity index (χ0) is 25.9. The van der Waals surface area contributed by atoms with Crippen molar-refractivity contribution in [1.29, 1.82) is 0 Å². The molecule has 3 N–H and O–H groups in total. The first kappa shape index (κ1) is 26.0. The Morgan fingerprint density at radius 1 is 1.00 bits per heavy atom. The fourth-order valence-electron chi connectivity index (χ4n) is 6.92. The van der Waals surface area contributed by atoms with Crippen molar-refractivity contribution in [2.75, 3.05) is 5.32 Å². The number of amides is 1. The van der Waals surface area contributed by atoms with E-state index in [1.165, 1.54) is 65.3 Å². The van der Waals surface area contributed by atoms with E-state index in [0.717, 1.165) is 43.8 Å². The molecule has 0 atom stereocenters. The molecule has 0 bridgehead atoms. The van der Waals surface area contributed by atoms with Gasteiger partial charge in [-0.3, -0.25) is 4.79 Å². The molecule has 2 aliphatic carbocycles. The minimum Gasteiger partial charge on any atom is -0.347 e. The number of carbonyl (C=O) groups excluding carboxylic acids is 1. The summed E-state index contributed by atoms with van der Waals surface area (Å²) in [6.45, 7) is 7.62. The standard InChI is InChI=1S/C33H45N3O/c1-4-31(37)35-29-19-18-26(24-14-16-25(34)17-15-24)32(22(2)3)33(29)28-21-36(20-23-10-6-5-7-11-23)30-13-9-8-12-27(28)30/h8-9,12-13,18-19,21-25H,4-7,10-11,14-17,20,34H2,1-3H3,(H,35,37). The molecule has 1 aromatic heterocycles. The highest BCUT2D eigenvalue weighted by Crippen LogP contribution is 2.46. The highest BCUT2D eigenvalue weighted by molar-refractivity contribution is 6.04. The molecule has 4 nitrogen and oxygen atoms in total. The molecule has 1 heterocycles. The van der Waals surface area contributed by atoms with Crippen LogP contribution in [0, 0.1) is 5.92 Å². The first-order valence-electron chi connectivity index (χ1n) is 14.8. The minimum atomic E-state index is 0.0679. The summed E-state index contributed by atoms with van der Waals surface area (Å²) in [5, 5.41) is 4.57. The van der Waals surface area contributed by atoms with Crippen LogP contribution in [0.2, 0.25) is 0 Å². The zero-order valence-corrected chi connectivity index (χ0v) is 23.1. The van der Waals surface area contributed by atoms with E-state index in [0.29, 0.717) is 24.3 Å². The van der Waals surface area contributed by atoms with Gasteiger partial charge in [0.05, 0.1) is 0 Å². The van der Waals surface area contributed by atoms with Gasteiger partial charge in [0.15, 0.2) is 0 Å². The van der Waals surface area contributed by atoms with Crippen LogP contribution >= 0.6 is 0 Å². The number of hydrogen-bond acceptors (Lipinski definition) is 2. The van der Waals surface area contributed by atoms with E-state index in [4.69, 9.17) is 5.73 Å². The number of nitrogens with zero attached hydrogens (tertiary/aromatic N) is 1. The molecule has 2 aromatic carbocycles. The molecule has 198 valence electrons. The van der Waals surface area contributed by atoms with Gasteiger partial charge in [0.1, 0.15) is 0 Å². The van der Waals surface area contributed by atoms with E-state index < -0.39 is 0 Å². The van der Waals surface area contributed by atoms with E-state index in [2.05, 4.69) is 66.3 Å². The summed E-state index contributed by atoms with van der Waals surface area (Å²) in [7, 11) is 0. The highest BCUT2D eigenvalue weighted by Gasteiger charge is 2.28. The molecule has 1 amide bonds. The summed E-state index contributed by atoms with van der Waals surface area (Å²) in [6.07, 6.45) is 14.1. The number of nitrogens with two attached hydrogens (primary N) is 1. The molecule has 3 aromatic rings. The first-order valence-corrected chi connectivity index (χ1v) is 14.8. The summed E-state index contributed by atoms with van der Waals surface area (Å²) >= 11 is 0. The summed E-state index contributed by atoms with van der Waals surface area (Å²) in [4.78, 5) is 12.7. The maximum atomic E-state index is 12.7. The zero-order valence-electron chi connectivity index (χ0n) is 23.1. The van der Waals surface area contributed by atoms with Gasteiger partial charge >= 0.3 is 0 Å². The SMILES string of the molecule is CCC(=O)Nc1ccc(C2CCC(N)CC2)c(C(C)C)c1-c1cn(CC2CCCCC2)c2ccccc12. The van der Waals surface area contributed by atoms with Gasteiger partial charge in [-0.15, -0.1) is 0 Å². The molecule has 4 heteroatoms. The molecule has 0 saturated heterocycles. The van der Waals surface area contributed by atoms with Crippen LogP contribution in [0.4, 0.5) is 5.69 Å². The number of hydrogen-bond donors (Lipinski definition) is 2. The number of fused-ring (bicyclic) bond motifs is 1. The lowest BCUT2D eigenvalue weighted by Gasteiger charge is -2.31. The average Bonchev–Trinajstić information content (AvgIpc) is 3.27. The highest BCUT2D eigenvalue weighted by atomic mass is 16.1. The van der Waals surface area contributed by atoms with Crippen molar-refractivity contribution >= 4 is 22.5 Å². The fourth-order valence-corrected chi connectivity index (χ4v) is 6.92. The molecule has 0 aliphatic heterocycles. The maximum Gasteiger partial charge on any atom is 0.224 e. The Bertz CT molecular complexity index is 1230. The Hall–Kier alpha value is -2.59. The summed E-state index contributed by atoms with van der Waals surface area (Å²) in [5.41, 5.74) is 13.9. The predicted molar refractivity (Wildman–Crippen MR) is 156 cm³/mol. The third-order valence-corrected chi connectivity index (χ3v) is 8.90. The topological polar surface area (TPSA) is 60.1 Å². The van der Waals surface area contributed by atoms with Gasteiger partial charge in [-0.2, -0.15) is 0 Å². The number of benzene rings is 2. The minimum absolute atomic E-state index is 0.0679. The summed E-state index contributed by atoms with van der Waals surface area (Å²) in [5.74, 6) is 1.69. The van der Waals surface area contributed by atoms with Gasteiger partial charge in [-0.1, -0.05) is 64.3 Å². The molecule has 0 radical (unpaired) electrons. The Kier molecular flexibility index (Phi) is 8.04. The number of carbonyl (C=O) groups is 1. The summed E-state index contributed by atoms with van der Waals surface area (Å²) in [6, 6.07) is 13.7. The number of aromatic nitrogens is 1. The third-order valence-electron chi connectivity index (χ3n) is 8.90. The van der Waals surface area contributed by atoms with Crippen LogP contribution in [-0.4, -0.2) is 16.5 Å². The van der Waals surface area contributed by atoms with Crippen LogP contribution in [0.1, 0.15) is 108 Å². The monoisotopic (exact) mass is 499 g/mol. The Morgan fingerprint density at radius 2 is 1.73 bits per heavy atom. The number of anilines is 1. The van der Waals surface area contributed by atoms with E-state index in [9.17, 15) is 4.79 Å². The summed E-state index contributed by atoms with van der Waals surface area (Å²) < 4.78 is 2.50. The van der Waals surface area contributed by atoms with Crippen LogP contribution in [0.25, 0.3) is 22.0 Å². The molecular weight excluding hydrogens is 454 g/mol. The van der Waals surface area contributed by atoms with Crippen molar-refractivity contribution in [2.45, 2.75) is 109 Å². The van der Waals surface area contributed by atoms with Gasteiger partial charge < -0.3 is 15.6 Å². The normalized spacial score (nSPS) is 21.0. The molecule has 0 unspecified atom stereocenters. The van der Waals surface area contributed by atoms with Gasteiger partial charge in [0.25, 0.3) is 0 Å². The van der Waals surface area contributed by atoms with E-state index in [1.54, 1.807) is 0 Å². The maximum absolute atomic E-state index is 12.7. The quantitative estimate of drug-likeness (QED) is 0.343. The van der Waals surface area contributed by atoms with Crippen LogP contribution < -0.4 is 11.1 Å². The third kappa shape index (κ3) is 5.50.